The van der Waals surface area contributed by atoms with Gasteiger partial charge in [0.1, 0.15) is 4.21 Å². The molecule has 2 heterocycles. The minimum atomic E-state index is -3.40. The summed E-state index contributed by atoms with van der Waals surface area (Å²) in [6.45, 7) is 3.72. The van der Waals surface area contributed by atoms with E-state index in [2.05, 4.69) is 10.0 Å². The highest BCUT2D eigenvalue weighted by molar-refractivity contribution is 7.91. The van der Waals surface area contributed by atoms with Crippen molar-refractivity contribution < 1.29 is 13.2 Å². The van der Waals surface area contributed by atoms with Gasteiger partial charge in [0, 0.05) is 24.1 Å². The van der Waals surface area contributed by atoms with Crippen molar-refractivity contribution in [2.24, 2.45) is 0 Å². The third-order valence-electron chi connectivity index (χ3n) is 2.85. The summed E-state index contributed by atoms with van der Waals surface area (Å²) in [6.07, 6.45) is 0.743. The quantitative estimate of drug-likeness (QED) is 0.843. The van der Waals surface area contributed by atoms with E-state index in [-0.39, 0.29) is 6.04 Å². The van der Waals surface area contributed by atoms with E-state index < -0.39 is 10.0 Å². The number of thiophene rings is 1. The van der Waals surface area contributed by atoms with Crippen molar-refractivity contribution in [1.82, 2.24) is 10.0 Å². The van der Waals surface area contributed by atoms with Crippen LogP contribution in [-0.2, 0) is 21.3 Å². The number of hydrogen-bond acceptors (Lipinski definition) is 5. The lowest BCUT2D eigenvalue weighted by Gasteiger charge is -2.09. The average Bonchev–Trinajstić information content (AvgIpc) is 2.90. The fourth-order valence-electron chi connectivity index (χ4n) is 1.86. The van der Waals surface area contributed by atoms with Crippen LogP contribution in [0, 0.1) is 6.92 Å². The van der Waals surface area contributed by atoms with E-state index in [4.69, 9.17) is 4.74 Å². The normalized spacial score (nSPS) is 20.4. The predicted molar refractivity (Wildman–Crippen MR) is 71.4 cm³/mol. The molecule has 2 rings (SSSR count). The molecule has 0 aromatic carbocycles. The summed E-state index contributed by atoms with van der Waals surface area (Å²) in [4.78, 5) is 1.06. The fraction of sp³-hybridized carbons (Fsp3) is 0.636. The van der Waals surface area contributed by atoms with Gasteiger partial charge in [0.15, 0.2) is 0 Å². The van der Waals surface area contributed by atoms with E-state index in [1.54, 1.807) is 6.07 Å². The Balaban J connectivity index is 2.15. The van der Waals surface area contributed by atoms with E-state index >= 15 is 0 Å². The molecule has 1 aromatic heterocycles. The number of rotatable bonds is 5. The second kappa shape index (κ2) is 5.66. The molecule has 1 unspecified atom stereocenters. The van der Waals surface area contributed by atoms with Gasteiger partial charge >= 0.3 is 0 Å². The van der Waals surface area contributed by atoms with E-state index in [9.17, 15) is 8.42 Å². The van der Waals surface area contributed by atoms with Crippen molar-refractivity contribution in [3.8, 4) is 0 Å². The number of nitrogens with one attached hydrogen (secondary N) is 2. The largest absolute Gasteiger partial charge is 0.380 e. The lowest BCUT2D eigenvalue weighted by Crippen LogP contribution is -2.34. The van der Waals surface area contributed by atoms with Crippen LogP contribution in [0.1, 0.15) is 16.9 Å². The zero-order valence-electron chi connectivity index (χ0n) is 10.5. The zero-order chi connectivity index (χ0) is 13.2. The number of hydrogen-bond donors (Lipinski definition) is 2. The molecule has 1 aromatic rings. The molecule has 0 spiro atoms. The van der Waals surface area contributed by atoms with Crippen molar-refractivity contribution in [3.05, 3.63) is 16.5 Å². The van der Waals surface area contributed by atoms with Gasteiger partial charge in [-0.3, -0.25) is 0 Å². The maximum atomic E-state index is 12.2. The Morgan fingerprint density at radius 1 is 1.56 bits per heavy atom. The molecule has 18 heavy (non-hydrogen) atoms. The number of ether oxygens (including phenoxy) is 1. The van der Waals surface area contributed by atoms with Crippen molar-refractivity contribution in [2.75, 3.05) is 20.3 Å². The first-order valence-corrected chi connectivity index (χ1v) is 8.17. The first-order valence-electron chi connectivity index (χ1n) is 5.87. The van der Waals surface area contributed by atoms with Crippen LogP contribution in [0.4, 0.5) is 0 Å². The summed E-state index contributed by atoms with van der Waals surface area (Å²) >= 11 is 1.32. The smallest absolute Gasteiger partial charge is 0.250 e. The number of sulfonamides is 1. The molecule has 5 nitrogen and oxygen atoms in total. The van der Waals surface area contributed by atoms with Crippen molar-refractivity contribution >= 4 is 21.4 Å². The van der Waals surface area contributed by atoms with E-state index in [0.29, 0.717) is 24.0 Å². The molecule has 1 saturated heterocycles. The minimum absolute atomic E-state index is 0.0924. The molecular formula is C11H18N2O3S2. The standard InChI is InChI=1S/C11H18N2O3S2/c1-8-5-11(17-10(8)6-12-2)18(14,15)13-9-3-4-16-7-9/h5,9,12-13H,3-4,6-7H2,1-2H3. The molecule has 1 aliphatic heterocycles. The lowest BCUT2D eigenvalue weighted by molar-refractivity contribution is 0.192. The monoisotopic (exact) mass is 290 g/mol. The van der Waals surface area contributed by atoms with Crippen LogP contribution in [-0.4, -0.2) is 34.7 Å². The van der Waals surface area contributed by atoms with Gasteiger partial charge in [-0.1, -0.05) is 0 Å². The highest BCUT2D eigenvalue weighted by Crippen LogP contribution is 2.26. The highest BCUT2D eigenvalue weighted by Gasteiger charge is 2.25. The molecule has 0 radical (unpaired) electrons. The lowest BCUT2D eigenvalue weighted by atomic mass is 10.3. The molecule has 0 amide bonds. The zero-order valence-corrected chi connectivity index (χ0v) is 12.2. The van der Waals surface area contributed by atoms with Crippen LogP contribution < -0.4 is 10.0 Å². The summed E-state index contributed by atoms with van der Waals surface area (Å²) in [6, 6.07) is 1.64. The van der Waals surface area contributed by atoms with Gasteiger partial charge in [0.2, 0.25) is 10.0 Å². The van der Waals surface area contributed by atoms with Crippen LogP contribution in [0.15, 0.2) is 10.3 Å². The Bertz CT molecular complexity index is 504. The molecule has 1 aliphatic rings. The molecule has 1 fully saturated rings. The van der Waals surface area contributed by atoms with Crippen LogP contribution >= 0.6 is 11.3 Å². The molecule has 102 valence electrons. The molecule has 0 aliphatic carbocycles. The maximum Gasteiger partial charge on any atom is 0.250 e. The summed E-state index contributed by atoms with van der Waals surface area (Å²) in [5.41, 5.74) is 1.01. The number of aryl methyl sites for hydroxylation is 1. The van der Waals surface area contributed by atoms with E-state index in [1.807, 2.05) is 14.0 Å². The SMILES string of the molecule is CNCc1sc(S(=O)(=O)NC2CCOC2)cc1C. The first kappa shape index (κ1) is 14.0. The van der Waals surface area contributed by atoms with Crippen molar-refractivity contribution in [1.29, 1.82) is 0 Å². The minimum Gasteiger partial charge on any atom is -0.380 e. The summed E-state index contributed by atoms with van der Waals surface area (Å²) < 4.78 is 32.6. The van der Waals surface area contributed by atoms with Gasteiger partial charge in [-0.05, 0) is 32.0 Å². The van der Waals surface area contributed by atoms with Gasteiger partial charge in [-0.15, -0.1) is 11.3 Å². The second-order valence-electron chi connectivity index (χ2n) is 4.38. The molecule has 7 heteroatoms. The predicted octanol–water partition coefficient (Wildman–Crippen LogP) is 0.843. The van der Waals surface area contributed by atoms with Crippen molar-refractivity contribution in [3.63, 3.8) is 0 Å². The maximum absolute atomic E-state index is 12.2. The summed E-state index contributed by atoms with van der Waals surface area (Å²) in [7, 11) is -1.55. The van der Waals surface area contributed by atoms with Gasteiger partial charge < -0.3 is 10.1 Å². The molecule has 1 atom stereocenters. The summed E-state index contributed by atoms with van der Waals surface area (Å²) in [5, 5.41) is 3.04. The second-order valence-corrected chi connectivity index (χ2v) is 7.46. The molecule has 0 saturated carbocycles. The Labute approximate surface area is 112 Å². The van der Waals surface area contributed by atoms with Gasteiger partial charge in [0.25, 0.3) is 0 Å². The van der Waals surface area contributed by atoms with E-state index in [0.717, 1.165) is 16.9 Å². The third kappa shape index (κ3) is 3.10. The Morgan fingerprint density at radius 3 is 2.94 bits per heavy atom. The first-order chi connectivity index (χ1) is 8.53. The topological polar surface area (TPSA) is 67.4 Å². The Morgan fingerprint density at radius 2 is 2.33 bits per heavy atom. The highest BCUT2D eigenvalue weighted by atomic mass is 32.2. The Hall–Kier alpha value is -0.470. The van der Waals surface area contributed by atoms with Gasteiger partial charge in [0.05, 0.1) is 6.61 Å². The van der Waals surface area contributed by atoms with E-state index in [1.165, 1.54) is 11.3 Å². The Kier molecular flexibility index (Phi) is 4.39. The molecule has 2 N–H and O–H groups in total. The average molecular weight is 290 g/mol. The summed E-state index contributed by atoms with van der Waals surface area (Å²) in [5.74, 6) is 0. The van der Waals surface area contributed by atoms with Crippen molar-refractivity contribution in [2.45, 2.75) is 30.1 Å². The third-order valence-corrected chi connectivity index (χ3v) is 6.08. The van der Waals surface area contributed by atoms with Gasteiger partial charge in [-0.2, -0.15) is 0 Å². The van der Waals surface area contributed by atoms with Crippen LogP contribution in [0.3, 0.4) is 0 Å². The van der Waals surface area contributed by atoms with Gasteiger partial charge in [-0.25, -0.2) is 13.1 Å². The fourth-order valence-corrected chi connectivity index (χ4v) is 4.73. The molecular weight excluding hydrogens is 272 g/mol. The molecule has 0 bridgehead atoms. The van der Waals surface area contributed by atoms with Crippen LogP contribution in [0.25, 0.3) is 0 Å². The van der Waals surface area contributed by atoms with Crippen LogP contribution in [0.2, 0.25) is 0 Å². The van der Waals surface area contributed by atoms with Crippen LogP contribution in [0.5, 0.6) is 0 Å².